The molecule has 27 heavy (non-hydrogen) atoms. The molecular formula is C19H21FN2O5. The van der Waals surface area contributed by atoms with Gasteiger partial charge in [0.05, 0.1) is 32.4 Å². The van der Waals surface area contributed by atoms with E-state index in [9.17, 15) is 14.3 Å². The predicted octanol–water partition coefficient (Wildman–Crippen LogP) is 2.50. The molecule has 144 valence electrons. The summed E-state index contributed by atoms with van der Waals surface area (Å²) in [5, 5.41) is 9.50. The molecule has 0 saturated heterocycles. The number of hydrogen-bond acceptors (Lipinski definition) is 6. The molecule has 1 heterocycles. The van der Waals surface area contributed by atoms with E-state index in [0.29, 0.717) is 29.3 Å². The minimum atomic E-state index is -0.917. The maximum Gasteiger partial charge on any atom is 0.307 e. The molecule has 0 spiro atoms. The van der Waals surface area contributed by atoms with Crippen molar-refractivity contribution in [3.8, 4) is 11.5 Å². The molecule has 1 aliphatic carbocycles. The van der Waals surface area contributed by atoms with Crippen LogP contribution in [0.15, 0.2) is 24.4 Å². The van der Waals surface area contributed by atoms with Crippen molar-refractivity contribution >= 4 is 5.97 Å². The average molecular weight is 376 g/mol. The molecule has 1 aliphatic rings. The van der Waals surface area contributed by atoms with Gasteiger partial charge in [0.25, 0.3) is 0 Å². The maximum absolute atomic E-state index is 13.8. The lowest BCUT2D eigenvalue weighted by Gasteiger charge is -2.20. The summed E-state index contributed by atoms with van der Waals surface area (Å²) in [6.45, 7) is 2.11. The third-order valence-electron chi connectivity index (χ3n) is 4.82. The highest BCUT2D eigenvalue weighted by Crippen LogP contribution is 2.55. The zero-order valence-electron chi connectivity index (χ0n) is 15.4. The Labute approximate surface area is 156 Å². The molecular weight excluding hydrogens is 355 g/mol. The molecule has 1 aromatic heterocycles. The highest BCUT2D eigenvalue weighted by atomic mass is 19.1. The van der Waals surface area contributed by atoms with Gasteiger partial charge >= 0.3 is 5.97 Å². The summed E-state index contributed by atoms with van der Waals surface area (Å²) < 4.78 is 29.8. The summed E-state index contributed by atoms with van der Waals surface area (Å²) in [4.78, 5) is 20.0. The number of carboxylic acids is 1. The van der Waals surface area contributed by atoms with Crippen LogP contribution in [0.3, 0.4) is 0 Å². The molecule has 2 atom stereocenters. The number of halogens is 1. The van der Waals surface area contributed by atoms with Crippen LogP contribution in [0.2, 0.25) is 0 Å². The number of aliphatic carboxylic acids is 1. The Bertz CT molecular complexity index is 860. The second kappa shape index (κ2) is 7.48. The summed E-state index contributed by atoms with van der Waals surface area (Å²) in [7, 11) is 2.92. The molecule has 1 fully saturated rings. The molecule has 0 radical (unpaired) electrons. The summed E-state index contributed by atoms with van der Waals surface area (Å²) in [5.41, 5.74) is 0.487. The first-order chi connectivity index (χ1) is 12.9. The van der Waals surface area contributed by atoms with Crippen molar-refractivity contribution in [2.75, 3.05) is 20.8 Å². The summed E-state index contributed by atoms with van der Waals surface area (Å²) in [6, 6.07) is 4.38. The maximum atomic E-state index is 13.8. The molecule has 0 bridgehead atoms. The number of carboxylic acid groups (broad SMARTS) is 1. The van der Waals surface area contributed by atoms with Crippen LogP contribution in [-0.4, -0.2) is 41.9 Å². The van der Waals surface area contributed by atoms with E-state index in [1.54, 1.807) is 26.3 Å². The number of benzene rings is 1. The average Bonchev–Trinajstić information content (AvgIpc) is 3.38. The van der Waals surface area contributed by atoms with E-state index in [2.05, 4.69) is 9.97 Å². The number of hydrogen-bond donors (Lipinski definition) is 1. The Morgan fingerprint density at radius 3 is 2.78 bits per heavy atom. The molecule has 2 aromatic rings. The first-order valence-electron chi connectivity index (χ1n) is 8.42. The summed E-state index contributed by atoms with van der Waals surface area (Å²) in [5.74, 6) is -0.945. The molecule has 0 unspecified atom stereocenters. The third-order valence-corrected chi connectivity index (χ3v) is 4.82. The second-order valence-corrected chi connectivity index (χ2v) is 6.55. The van der Waals surface area contributed by atoms with E-state index in [-0.39, 0.29) is 19.0 Å². The van der Waals surface area contributed by atoms with Gasteiger partial charge in [0.1, 0.15) is 11.5 Å². The van der Waals surface area contributed by atoms with Gasteiger partial charge < -0.3 is 19.3 Å². The van der Waals surface area contributed by atoms with Crippen molar-refractivity contribution in [2.45, 2.75) is 25.4 Å². The Hall–Kier alpha value is -2.74. The molecule has 0 amide bonds. The van der Waals surface area contributed by atoms with Gasteiger partial charge in [-0.2, -0.15) is 0 Å². The van der Waals surface area contributed by atoms with Gasteiger partial charge in [-0.1, -0.05) is 6.07 Å². The Kier molecular flexibility index (Phi) is 5.27. The lowest BCUT2D eigenvalue weighted by molar-refractivity contribution is -0.139. The van der Waals surface area contributed by atoms with Crippen molar-refractivity contribution in [1.82, 2.24) is 9.97 Å². The van der Waals surface area contributed by atoms with Crippen molar-refractivity contribution in [1.29, 1.82) is 0 Å². The second-order valence-electron chi connectivity index (χ2n) is 6.55. The number of aryl methyl sites for hydroxylation is 1. The lowest BCUT2D eigenvalue weighted by Crippen LogP contribution is -2.24. The minimum absolute atomic E-state index is 0.0710. The zero-order valence-corrected chi connectivity index (χ0v) is 15.4. The monoisotopic (exact) mass is 376 g/mol. The van der Waals surface area contributed by atoms with Crippen molar-refractivity contribution in [2.24, 2.45) is 5.92 Å². The number of methoxy groups -OCH3 is 2. The summed E-state index contributed by atoms with van der Waals surface area (Å²) in [6.07, 6.45) is 1.94. The van der Waals surface area contributed by atoms with Gasteiger partial charge in [-0.15, -0.1) is 0 Å². The first-order valence-corrected chi connectivity index (χ1v) is 8.42. The minimum Gasteiger partial charge on any atom is -0.494 e. The summed E-state index contributed by atoms with van der Waals surface area (Å²) >= 11 is 0. The standard InChI is InChI=1S/C19H21FN2O5/c1-11-21-8-17(15(22-11)9-25-2)27-10-19(7-13(19)18(23)24)12-4-5-14(20)16(6-12)26-3/h4-6,8,13H,7,9-10H2,1-3H3,(H,23,24)/t13-,19+/m0/s1. The molecule has 7 nitrogen and oxygen atoms in total. The van der Waals surface area contributed by atoms with Crippen molar-refractivity contribution in [3.63, 3.8) is 0 Å². The van der Waals surface area contributed by atoms with Gasteiger partial charge in [-0.25, -0.2) is 14.4 Å². The van der Waals surface area contributed by atoms with E-state index in [1.165, 1.54) is 19.2 Å². The third kappa shape index (κ3) is 3.71. The Balaban J connectivity index is 1.89. The van der Waals surface area contributed by atoms with E-state index in [1.807, 2.05) is 0 Å². The van der Waals surface area contributed by atoms with Gasteiger partial charge in [0, 0.05) is 12.5 Å². The topological polar surface area (TPSA) is 90.8 Å². The predicted molar refractivity (Wildman–Crippen MR) is 93.3 cm³/mol. The SMILES string of the molecule is COCc1nc(C)ncc1OC[C@@]1(c2ccc(F)c(OC)c2)C[C@H]1C(=O)O. The quantitative estimate of drug-likeness (QED) is 0.757. The highest BCUT2D eigenvalue weighted by Gasteiger charge is 2.60. The van der Waals surface area contributed by atoms with Crippen LogP contribution in [0.25, 0.3) is 0 Å². The van der Waals surface area contributed by atoms with Crippen LogP contribution in [-0.2, 0) is 21.6 Å². The van der Waals surface area contributed by atoms with E-state index < -0.39 is 23.1 Å². The van der Waals surface area contributed by atoms with Crippen LogP contribution in [0.4, 0.5) is 4.39 Å². The Morgan fingerprint density at radius 1 is 1.37 bits per heavy atom. The van der Waals surface area contributed by atoms with E-state index >= 15 is 0 Å². The van der Waals surface area contributed by atoms with Gasteiger partial charge in [0.15, 0.2) is 17.3 Å². The van der Waals surface area contributed by atoms with Gasteiger partial charge in [-0.05, 0) is 31.0 Å². The van der Waals surface area contributed by atoms with Crippen molar-refractivity contribution < 1.29 is 28.5 Å². The number of aromatic nitrogens is 2. The normalized spacial score (nSPS) is 21.0. The van der Waals surface area contributed by atoms with E-state index in [0.717, 1.165) is 0 Å². The fourth-order valence-electron chi connectivity index (χ4n) is 3.23. The highest BCUT2D eigenvalue weighted by molar-refractivity contribution is 5.77. The fraction of sp³-hybridized carbons (Fsp3) is 0.421. The molecule has 1 N–H and O–H groups in total. The molecule has 8 heteroatoms. The lowest BCUT2D eigenvalue weighted by atomic mass is 9.93. The molecule has 1 saturated carbocycles. The number of carbonyl (C=O) groups is 1. The molecule has 1 aromatic carbocycles. The number of ether oxygens (including phenoxy) is 3. The van der Waals surface area contributed by atoms with Crippen LogP contribution >= 0.6 is 0 Å². The van der Waals surface area contributed by atoms with Crippen LogP contribution < -0.4 is 9.47 Å². The smallest absolute Gasteiger partial charge is 0.307 e. The van der Waals surface area contributed by atoms with Crippen LogP contribution in [0.1, 0.15) is 23.5 Å². The molecule has 0 aliphatic heterocycles. The number of nitrogens with zero attached hydrogens (tertiary/aromatic N) is 2. The number of rotatable bonds is 8. The van der Waals surface area contributed by atoms with Crippen LogP contribution in [0, 0.1) is 18.7 Å². The zero-order chi connectivity index (χ0) is 19.6. The van der Waals surface area contributed by atoms with E-state index in [4.69, 9.17) is 14.2 Å². The van der Waals surface area contributed by atoms with Gasteiger partial charge in [0.2, 0.25) is 0 Å². The fourth-order valence-corrected chi connectivity index (χ4v) is 3.23. The largest absolute Gasteiger partial charge is 0.494 e. The molecule has 3 rings (SSSR count). The Morgan fingerprint density at radius 2 is 2.15 bits per heavy atom. The van der Waals surface area contributed by atoms with Crippen molar-refractivity contribution in [3.05, 3.63) is 47.3 Å². The van der Waals surface area contributed by atoms with Crippen LogP contribution in [0.5, 0.6) is 11.5 Å². The van der Waals surface area contributed by atoms with Gasteiger partial charge in [-0.3, -0.25) is 4.79 Å². The first kappa shape index (κ1) is 19.0.